The zero-order chi connectivity index (χ0) is 17.0. The highest BCUT2D eigenvalue weighted by Crippen LogP contribution is 2.29. The lowest BCUT2D eigenvalue weighted by Gasteiger charge is -2.39. The zero-order valence-electron chi connectivity index (χ0n) is 14.7. The first kappa shape index (κ1) is 17.1. The van der Waals surface area contributed by atoms with Crippen LogP contribution in [0.25, 0.3) is 10.9 Å². The number of nitrogens with one attached hydrogen (secondary N) is 1. The standard InChI is InChI=1S/C19H26N4S/c1-4-20-18(23-11-12-24-19(2,3)14-23)22-13-16-8-5-7-15-9-6-10-21-17(15)16/h5-10H,4,11-14H2,1-3H3,(H,20,22). The Morgan fingerprint density at radius 1 is 1.33 bits per heavy atom. The summed E-state index contributed by atoms with van der Waals surface area (Å²) in [4.78, 5) is 11.8. The van der Waals surface area contributed by atoms with Crippen molar-refractivity contribution in [2.24, 2.45) is 4.99 Å². The number of guanidine groups is 1. The molecule has 128 valence electrons. The number of rotatable bonds is 3. The second kappa shape index (κ2) is 7.43. The number of hydrogen-bond acceptors (Lipinski definition) is 3. The largest absolute Gasteiger partial charge is 0.357 e. The lowest BCUT2D eigenvalue weighted by Crippen LogP contribution is -2.50. The molecule has 1 N–H and O–H groups in total. The summed E-state index contributed by atoms with van der Waals surface area (Å²) in [5.74, 6) is 2.16. The third kappa shape index (κ3) is 4.01. The summed E-state index contributed by atoms with van der Waals surface area (Å²) >= 11 is 2.04. The smallest absolute Gasteiger partial charge is 0.194 e. The molecule has 0 aliphatic carbocycles. The zero-order valence-corrected chi connectivity index (χ0v) is 15.6. The van der Waals surface area contributed by atoms with Crippen LogP contribution in [0.5, 0.6) is 0 Å². The molecule has 0 unspecified atom stereocenters. The van der Waals surface area contributed by atoms with Crippen LogP contribution in [-0.4, -0.2) is 46.0 Å². The van der Waals surface area contributed by atoms with Gasteiger partial charge in [0, 0.05) is 41.7 Å². The molecule has 0 amide bonds. The van der Waals surface area contributed by atoms with Crippen molar-refractivity contribution >= 4 is 28.6 Å². The second-order valence-corrected chi connectivity index (χ2v) is 8.49. The molecule has 1 aromatic heterocycles. The Bertz CT molecular complexity index is 721. The van der Waals surface area contributed by atoms with E-state index in [0.29, 0.717) is 6.54 Å². The minimum Gasteiger partial charge on any atom is -0.357 e. The monoisotopic (exact) mass is 342 g/mol. The van der Waals surface area contributed by atoms with E-state index in [1.54, 1.807) is 0 Å². The van der Waals surface area contributed by atoms with E-state index in [-0.39, 0.29) is 4.75 Å². The minimum atomic E-state index is 0.273. The summed E-state index contributed by atoms with van der Waals surface area (Å²) in [6, 6.07) is 10.4. The van der Waals surface area contributed by atoms with Crippen molar-refractivity contribution in [3.05, 3.63) is 42.1 Å². The van der Waals surface area contributed by atoms with Crippen LogP contribution in [0.3, 0.4) is 0 Å². The van der Waals surface area contributed by atoms with Crippen molar-refractivity contribution in [2.45, 2.75) is 32.1 Å². The molecule has 2 aromatic rings. The maximum atomic E-state index is 4.91. The molecule has 4 nitrogen and oxygen atoms in total. The van der Waals surface area contributed by atoms with E-state index < -0.39 is 0 Å². The molecule has 1 saturated heterocycles. The summed E-state index contributed by atoms with van der Waals surface area (Å²) in [6.45, 7) is 10.4. The normalized spacial score (nSPS) is 18.0. The number of aromatic nitrogens is 1. The van der Waals surface area contributed by atoms with Gasteiger partial charge >= 0.3 is 0 Å². The molecule has 0 saturated carbocycles. The quantitative estimate of drug-likeness (QED) is 0.684. The molecule has 5 heteroatoms. The Hall–Kier alpha value is -1.75. The number of aliphatic imine (C=N–C) groups is 1. The Kier molecular flexibility index (Phi) is 5.29. The lowest BCUT2D eigenvalue weighted by atomic mass is 10.1. The SMILES string of the molecule is CCNC(=NCc1cccc2cccnc12)N1CCSC(C)(C)C1. The number of benzene rings is 1. The molecule has 2 heterocycles. The molecule has 1 aliphatic heterocycles. The van der Waals surface area contributed by atoms with Gasteiger partial charge in [-0.05, 0) is 32.4 Å². The lowest BCUT2D eigenvalue weighted by molar-refractivity contribution is 0.376. The fourth-order valence-electron chi connectivity index (χ4n) is 3.08. The third-order valence-corrected chi connectivity index (χ3v) is 5.47. The van der Waals surface area contributed by atoms with Gasteiger partial charge < -0.3 is 10.2 Å². The van der Waals surface area contributed by atoms with Crippen molar-refractivity contribution in [3.8, 4) is 0 Å². The number of nitrogens with zero attached hydrogens (tertiary/aromatic N) is 3. The van der Waals surface area contributed by atoms with E-state index in [1.165, 1.54) is 10.9 Å². The average molecular weight is 343 g/mol. The van der Waals surface area contributed by atoms with Crippen LogP contribution in [0, 0.1) is 0 Å². The highest BCUT2D eigenvalue weighted by Gasteiger charge is 2.28. The van der Waals surface area contributed by atoms with Crippen molar-refractivity contribution in [1.29, 1.82) is 0 Å². The van der Waals surface area contributed by atoms with Gasteiger partial charge in [-0.3, -0.25) is 4.98 Å². The molecule has 0 radical (unpaired) electrons. The third-order valence-electron chi connectivity index (χ3n) is 4.18. The van der Waals surface area contributed by atoms with Gasteiger partial charge in [0.2, 0.25) is 0 Å². The highest BCUT2D eigenvalue weighted by molar-refractivity contribution is 8.00. The van der Waals surface area contributed by atoms with E-state index in [2.05, 4.69) is 60.2 Å². The van der Waals surface area contributed by atoms with Gasteiger partial charge in [0.25, 0.3) is 0 Å². The van der Waals surface area contributed by atoms with Gasteiger partial charge in [0.1, 0.15) is 0 Å². The topological polar surface area (TPSA) is 40.5 Å². The number of pyridine rings is 1. The Morgan fingerprint density at radius 2 is 2.17 bits per heavy atom. The first-order valence-corrected chi connectivity index (χ1v) is 9.57. The van der Waals surface area contributed by atoms with Crippen molar-refractivity contribution < 1.29 is 0 Å². The van der Waals surface area contributed by atoms with Gasteiger partial charge in [-0.15, -0.1) is 0 Å². The van der Waals surface area contributed by atoms with Crippen molar-refractivity contribution in [2.75, 3.05) is 25.4 Å². The first-order valence-electron chi connectivity index (χ1n) is 8.59. The highest BCUT2D eigenvalue weighted by atomic mass is 32.2. The molecule has 0 spiro atoms. The number of para-hydroxylation sites is 1. The van der Waals surface area contributed by atoms with E-state index in [1.807, 2.05) is 24.0 Å². The maximum Gasteiger partial charge on any atom is 0.194 e. The maximum absolute atomic E-state index is 4.91. The minimum absolute atomic E-state index is 0.273. The Labute approximate surface area is 148 Å². The molecule has 24 heavy (non-hydrogen) atoms. The summed E-state index contributed by atoms with van der Waals surface area (Å²) in [5.41, 5.74) is 2.23. The summed E-state index contributed by atoms with van der Waals surface area (Å²) in [7, 11) is 0. The van der Waals surface area contributed by atoms with Crippen molar-refractivity contribution in [3.63, 3.8) is 0 Å². The molecule has 1 fully saturated rings. The first-order chi connectivity index (χ1) is 11.6. The van der Waals surface area contributed by atoms with Gasteiger partial charge in [-0.1, -0.05) is 24.3 Å². The molecule has 1 aliphatic rings. The molecule has 1 aromatic carbocycles. The van der Waals surface area contributed by atoms with Crippen LogP contribution < -0.4 is 5.32 Å². The van der Waals surface area contributed by atoms with Crippen LogP contribution in [0.4, 0.5) is 0 Å². The fourth-order valence-corrected chi connectivity index (χ4v) is 4.19. The molecule has 3 rings (SSSR count). The molecular formula is C19H26N4S. The van der Waals surface area contributed by atoms with Crippen LogP contribution >= 0.6 is 11.8 Å². The average Bonchev–Trinajstić information content (AvgIpc) is 2.57. The van der Waals surface area contributed by atoms with Gasteiger partial charge in [0.05, 0.1) is 12.1 Å². The summed E-state index contributed by atoms with van der Waals surface area (Å²) in [5, 5.41) is 4.63. The van der Waals surface area contributed by atoms with Gasteiger partial charge in [0.15, 0.2) is 5.96 Å². The summed E-state index contributed by atoms with van der Waals surface area (Å²) < 4.78 is 0.273. The number of fused-ring (bicyclic) bond motifs is 1. The fraction of sp³-hybridized carbons (Fsp3) is 0.474. The van der Waals surface area contributed by atoms with E-state index in [9.17, 15) is 0 Å². The number of hydrogen-bond donors (Lipinski definition) is 1. The molecule has 0 atom stereocenters. The summed E-state index contributed by atoms with van der Waals surface area (Å²) in [6.07, 6.45) is 1.85. The number of thioether (sulfide) groups is 1. The second-order valence-electron chi connectivity index (χ2n) is 6.69. The Morgan fingerprint density at radius 3 is 2.96 bits per heavy atom. The predicted molar refractivity (Wildman–Crippen MR) is 105 cm³/mol. The van der Waals surface area contributed by atoms with Crippen molar-refractivity contribution in [1.82, 2.24) is 15.2 Å². The van der Waals surface area contributed by atoms with E-state index in [0.717, 1.165) is 36.9 Å². The predicted octanol–water partition coefficient (Wildman–Crippen LogP) is 3.53. The van der Waals surface area contributed by atoms with Crippen LogP contribution in [-0.2, 0) is 6.54 Å². The van der Waals surface area contributed by atoms with E-state index >= 15 is 0 Å². The van der Waals surface area contributed by atoms with E-state index in [4.69, 9.17) is 4.99 Å². The van der Waals surface area contributed by atoms with Crippen LogP contribution in [0.2, 0.25) is 0 Å². The van der Waals surface area contributed by atoms with Crippen LogP contribution in [0.15, 0.2) is 41.5 Å². The van der Waals surface area contributed by atoms with Gasteiger partial charge in [-0.25, -0.2) is 4.99 Å². The molecular weight excluding hydrogens is 316 g/mol. The Balaban J connectivity index is 1.83. The van der Waals surface area contributed by atoms with Gasteiger partial charge in [-0.2, -0.15) is 11.8 Å². The van der Waals surface area contributed by atoms with Crippen LogP contribution in [0.1, 0.15) is 26.3 Å². The molecule has 0 bridgehead atoms.